The zero-order valence-corrected chi connectivity index (χ0v) is 15.6. The maximum Gasteiger partial charge on any atom is 0.319 e. The lowest BCUT2D eigenvalue weighted by atomic mass is 9.96. The zero-order chi connectivity index (χ0) is 18.4. The first-order valence-corrected chi connectivity index (χ1v) is 8.38. The average Bonchev–Trinajstić information content (AvgIpc) is 2.60. The molecule has 0 aliphatic heterocycles. The Morgan fingerprint density at radius 2 is 1.68 bits per heavy atom. The van der Waals surface area contributed by atoms with Gasteiger partial charge in [-0.1, -0.05) is 55.8 Å². The smallest absolute Gasteiger partial charge is 0.319 e. The van der Waals surface area contributed by atoms with E-state index in [-0.39, 0.29) is 18.0 Å². The predicted octanol–water partition coefficient (Wildman–Crippen LogP) is 4.88. The van der Waals surface area contributed by atoms with E-state index in [0.29, 0.717) is 22.2 Å². The molecule has 2 N–H and O–H groups in total. The second-order valence-corrected chi connectivity index (χ2v) is 6.33. The maximum absolute atomic E-state index is 12.5. The van der Waals surface area contributed by atoms with Gasteiger partial charge in [0.05, 0.1) is 31.0 Å². The third kappa shape index (κ3) is 4.79. The second-order valence-electron chi connectivity index (χ2n) is 5.92. The Hall–Kier alpha value is -2.40. The van der Waals surface area contributed by atoms with Gasteiger partial charge in [0, 0.05) is 6.07 Å². The van der Waals surface area contributed by atoms with Gasteiger partial charge in [-0.15, -0.1) is 0 Å². The highest BCUT2D eigenvalue weighted by Crippen LogP contribution is 2.36. The van der Waals surface area contributed by atoms with Crippen molar-refractivity contribution in [2.24, 2.45) is 5.92 Å². The first kappa shape index (κ1) is 18.9. The number of amides is 2. The van der Waals surface area contributed by atoms with Crippen LogP contribution in [0.25, 0.3) is 0 Å². The van der Waals surface area contributed by atoms with Gasteiger partial charge in [0.2, 0.25) is 0 Å². The molecular weight excluding hydrogens is 340 g/mol. The quantitative estimate of drug-likeness (QED) is 0.770. The molecule has 0 aliphatic rings. The number of carbonyl (C=O) groups excluding carboxylic acids is 1. The Morgan fingerprint density at radius 3 is 2.24 bits per heavy atom. The monoisotopic (exact) mass is 362 g/mol. The number of ether oxygens (including phenoxy) is 2. The van der Waals surface area contributed by atoms with Crippen molar-refractivity contribution in [1.29, 1.82) is 0 Å². The molecule has 5 nitrogen and oxygen atoms in total. The molecule has 134 valence electrons. The molecule has 0 aromatic heterocycles. The van der Waals surface area contributed by atoms with Crippen molar-refractivity contribution in [3.63, 3.8) is 0 Å². The van der Waals surface area contributed by atoms with E-state index in [2.05, 4.69) is 24.5 Å². The topological polar surface area (TPSA) is 59.6 Å². The van der Waals surface area contributed by atoms with E-state index in [9.17, 15) is 4.79 Å². The van der Waals surface area contributed by atoms with Crippen molar-refractivity contribution in [3.05, 3.63) is 53.1 Å². The molecule has 0 saturated carbocycles. The van der Waals surface area contributed by atoms with Crippen LogP contribution in [0.3, 0.4) is 0 Å². The summed E-state index contributed by atoms with van der Waals surface area (Å²) in [7, 11) is 3.04. The number of halogens is 1. The van der Waals surface area contributed by atoms with Crippen LogP contribution in [0.2, 0.25) is 5.02 Å². The van der Waals surface area contributed by atoms with Crippen molar-refractivity contribution in [1.82, 2.24) is 5.32 Å². The maximum atomic E-state index is 12.5. The predicted molar refractivity (Wildman–Crippen MR) is 101 cm³/mol. The SMILES string of the molecule is COc1cc(OC)c(NC(=O)NC(c2ccccc2)C(C)C)cc1Cl. The number of nitrogens with one attached hydrogen (secondary N) is 2. The first-order valence-electron chi connectivity index (χ1n) is 8.00. The Morgan fingerprint density at radius 1 is 1.04 bits per heavy atom. The summed E-state index contributed by atoms with van der Waals surface area (Å²) in [6.07, 6.45) is 0. The lowest BCUT2D eigenvalue weighted by molar-refractivity contribution is 0.244. The number of hydrogen-bond acceptors (Lipinski definition) is 3. The van der Waals surface area contributed by atoms with E-state index in [1.807, 2.05) is 30.3 Å². The highest BCUT2D eigenvalue weighted by atomic mass is 35.5. The van der Waals surface area contributed by atoms with Gasteiger partial charge in [-0.05, 0) is 17.5 Å². The molecule has 0 spiro atoms. The molecule has 0 saturated heterocycles. The van der Waals surface area contributed by atoms with Crippen LogP contribution in [0.15, 0.2) is 42.5 Å². The summed E-state index contributed by atoms with van der Waals surface area (Å²) < 4.78 is 10.5. The summed E-state index contributed by atoms with van der Waals surface area (Å²) in [5.74, 6) is 1.18. The zero-order valence-electron chi connectivity index (χ0n) is 14.8. The van der Waals surface area contributed by atoms with Crippen LogP contribution >= 0.6 is 11.6 Å². The van der Waals surface area contributed by atoms with Crippen LogP contribution in [0, 0.1) is 5.92 Å². The fourth-order valence-electron chi connectivity index (χ4n) is 2.55. The van der Waals surface area contributed by atoms with E-state index in [1.54, 1.807) is 12.1 Å². The summed E-state index contributed by atoms with van der Waals surface area (Å²) >= 11 is 6.14. The minimum absolute atomic E-state index is 0.110. The first-order chi connectivity index (χ1) is 12.0. The van der Waals surface area contributed by atoms with Gasteiger partial charge in [-0.3, -0.25) is 0 Å². The molecule has 0 heterocycles. The van der Waals surface area contributed by atoms with E-state index >= 15 is 0 Å². The van der Waals surface area contributed by atoms with Crippen molar-refractivity contribution in [2.45, 2.75) is 19.9 Å². The number of rotatable bonds is 6. The number of urea groups is 1. The Balaban J connectivity index is 2.17. The Labute approximate surface area is 153 Å². The average molecular weight is 363 g/mol. The molecule has 0 fully saturated rings. The molecule has 2 aromatic carbocycles. The Kier molecular flexibility index (Phi) is 6.53. The molecule has 6 heteroatoms. The van der Waals surface area contributed by atoms with Gasteiger partial charge in [-0.25, -0.2) is 4.79 Å². The molecule has 0 radical (unpaired) electrons. The van der Waals surface area contributed by atoms with Crippen molar-refractivity contribution >= 4 is 23.3 Å². The fourth-order valence-corrected chi connectivity index (χ4v) is 2.79. The highest BCUT2D eigenvalue weighted by molar-refractivity contribution is 6.32. The summed E-state index contributed by atoms with van der Waals surface area (Å²) in [5, 5.41) is 6.19. The molecule has 2 amide bonds. The van der Waals surface area contributed by atoms with Gasteiger partial charge < -0.3 is 20.1 Å². The molecule has 25 heavy (non-hydrogen) atoms. The van der Waals surface area contributed by atoms with Gasteiger partial charge in [0.15, 0.2) is 0 Å². The highest BCUT2D eigenvalue weighted by Gasteiger charge is 2.19. The van der Waals surface area contributed by atoms with Crippen molar-refractivity contribution in [3.8, 4) is 11.5 Å². The van der Waals surface area contributed by atoms with Crippen molar-refractivity contribution < 1.29 is 14.3 Å². The van der Waals surface area contributed by atoms with Crippen LogP contribution in [-0.4, -0.2) is 20.3 Å². The van der Waals surface area contributed by atoms with Gasteiger partial charge in [0.25, 0.3) is 0 Å². The van der Waals surface area contributed by atoms with Crippen LogP contribution < -0.4 is 20.1 Å². The molecule has 0 aliphatic carbocycles. The van der Waals surface area contributed by atoms with E-state index in [1.165, 1.54) is 14.2 Å². The standard InChI is InChI=1S/C19H23ClN2O3/c1-12(2)18(13-8-6-5-7-9-13)22-19(23)21-15-10-14(20)16(24-3)11-17(15)25-4/h5-12,18H,1-4H3,(H2,21,22,23). The van der Waals surface area contributed by atoms with Gasteiger partial charge in [-0.2, -0.15) is 0 Å². The largest absolute Gasteiger partial charge is 0.495 e. The lowest BCUT2D eigenvalue weighted by Gasteiger charge is -2.23. The van der Waals surface area contributed by atoms with Gasteiger partial charge in [0.1, 0.15) is 11.5 Å². The fraction of sp³-hybridized carbons (Fsp3) is 0.316. The van der Waals surface area contributed by atoms with E-state index in [4.69, 9.17) is 21.1 Å². The molecule has 1 atom stereocenters. The minimum Gasteiger partial charge on any atom is -0.495 e. The summed E-state index contributed by atoms with van der Waals surface area (Å²) in [6, 6.07) is 12.6. The number of methoxy groups -OCH3 is 2. The number of carbonyl (C=O) groups is 1. The molecule has 1 unspecified atom stereocenters. The summed E-state index contributed by atoms with van der Waals surface area (Å²) in [5.41, 5.74) is 1.52. The second kappa shape index (κ2) is 8.62. The van der Waals surface area contributed by atoms with Crippen molar-refractivity contribution in [2.75, 3.05) is 19.5 Å². The third-order valence-electron chi connectivity index (χ3n) is 3.83. The van der Waals surface area contributed by atoms with Gasteiger partial charge >= 0.3 is 6.03 Å². The van der Waals surface area contributed by atoms with Crippen LogP contribution in [-0.2, 0) is 0 Å². The number of hydrogen-bond donors (Lipinski definition) is 2. The van der Waals surface area contributed by atoms with Crippen LogP contribution in [0.4, 0.5) is 10.5 Å². The molecule has 0 bridgehead atoms. The van der Waals surface area contributed by atoms with Crippen LogP contribution in [0.5, 0.6) is 11.5 Å². The lowest BCUT2D eigenvalue weighted by Crippen LogP contribution is -2.35. The van der Waals surface area contributed by atoms with E-state index < -0.39 is 0 Å². The molecule has 2 rings (SSSR count). The number of anilines is 1. The van der Waals surface area contributed by atoms with Crippen LogP contribution in [0.1, 0.15) is 25.5 Å². The molecular formula is C19H23ClN2O3. The number of benzene rings is 2. The van der Waals surface area contributed by atoms with E-state index in [0.717, 1.165) is 5.56 Å². The third-order valence-corrected chi connectivity index (χ3v) is 4.13. The normalized spacial score (nSPS) is 11.8. The minimum atomic E-state index is -0.331. The molecule has 2 aromatic rings. The summed E-state index contributed by atoms with van der Waals surface area (Å²) in [6.45, 7) is 4.12. The Bertz CT molecular complexity index is 720. The summed E-state index contributed by atoms with van der Waals surface area (Å²) in [4.78, 5) is 12.5.